The van der Waals surface area contributed by atoms with Crippen LogP contribution in [-0.2, 0) is 9.53 Å². The molecule has 2 rings (SSSR count). The molecule has 0 aliphatic heterocycles. The van der Waals surface area contributed by atoms with Gasteiger partial charge in [0.05, 0.1) is 11.0 Å². The molecule has 1 aromatic carbocycles. The first-order valence-electron chi connectivity index (χ1n) is 7.55. The SMILES string of the molecule is CC(C)(C)OC(=O)NCCCC(=O)Nc1nc2ccccc2[nH]1. The number of aromatic amines is 1. The maximum Gasteiger partial charge on any atom is 0.407 e. The average molecular weight is 318 g/mol. The number of ether oxygens (including phenoxy) is 1. The Morgan fingerprint density at radius 1 is 1.26 bits per heavy atom. The summed E-state index contributed by atoms with van der Waals surface area (Å²) < 4.78 is 5.11. The van der Waals surface area contributed by atoms with Crippen molar-refractivity contribution >= 4 is 29.0 Å². The van der Waals surface area contributed by atoms with Gasteiger partial charge in [0.2, 0.25) is 11.9 Å². The first kappa shape index (κ1) is 16.8. The van der Waals surface area contributed by atoms with E-state index in [-0.39, 0.29) is 12.3 Å². The van der Waals surface area contributed by atoms with Gasteiger partial charge in [-0.05, 0) is 39.3 Å². The van der Waals surface area contributed by atoms with Crippen LogP contribution in [0.25, 0.3) is 11.0 Å². The summed E-state index contributed by atoms with van der Waals surface area (Å²) in [5, 5.41) is 5.32. The smallest absolute Gasteiger partial charge is 0.407 e. The molecule has 2 amide bonds. The van der Waals surface area contributed by atoms with Crippen molar-refractivity contribution in [1.29, 1.82) is 0 Å². The first-order valence-corrected chi connectivity index (χ1v) is 7.55. The number of anilines is 1. The van der Waals surface area contributed by atoms with Gasteiger partial charge >= 0.3 is 6.09 Å². The Morgan fingerprint density at radius 3 is 2.70 bits per heavy atom. The van der Waals surface area contributed by atoms with Crippen molar-refractivity contribution in [2.24, 2.45) is 0 Å². The summed E-state index contributed by atoms with van der Waals surface area (Å²) in [4.78, 5) is 30.6. The number of alkyl carbamates (subject to hydrolysis) is 1. The third-order valence-electron chi connectivity index (χ3n) is 2.90. The number of imidazole rings is 1. The van der Waals surface area contributed by atoms with Crippen LogP contribution in [0.1, 0.15) is 33.6 Å². The minimum Gasteiger partial charge on any atom is -0.444 e. The molecule has 1 aromatic heterocycles. The van der Waals surface area contributed by atoms with Gasteiger partial charge in [-0.1, -0.05) is 12.1 Å². The van der Waals surface area contributed by atoms with Crippen molar-refractivity contribution in [3.8, 4) is 0 Å². The number of H-pyrrole nitrogens is 1. The highest BCUT2D eigenvalue weighted by atomic mass is 16.6. The Bertz CT molecular complexity index is 655. The topological polar surface area (TPSA) is 96.1 Å². The number of rotatable bonds is 5. The Hall–Kier alpha value is -2.57. The van der Waals surface area contributed by atoms with Crippen molar-refractivity contribution in [3.05, 3.63) is 24.3 Å². The lowest BCUT2D eigenvalue weighted by Crippen LogP contribution is -2.33. The fourth-order valence-corrected chi connectivity index (χ4v) is 1.96. The van der Waals surface area contributed by atoms with Crippen molar-refractivity contribution < 1.29 is 14.3 Å². The molecule has 0 spiro atoms. The molecule has 7 nitrogen and oxygen atoms in total. The number of nitrogens with zero attached hydrogens (tertiary/aromatic N) is 1. The van der Waals surface area contributed by atoms with Crippen molar-refractivity contribution in [3.63, 3.8) is 0 Å². The highest BCUT2D eigenvalue weighted by Crippen LogP contribution is 2.13. The fraction of sp³-hybridized carbons (Fsp3) is 0.438. The molecule has 0 radical (unpaired) electrons. The number of para-hydroxylation sites is 2. The highest BCUT2D eigenvalue weighted by molar-refractivity contribution is 5.91. The van der Waals surface area contributed by atoms with Gasteiger partial charge in [-0.3, -0.25) is 10.1 Å². The van der Waals surface area contributed by atoms with Gasteiger partial charge in [0.25, 0.3) is 0 Å². The van der Waals surface area contributed by atoms with Crippen LogP contribution in [0, 0.1) is 0 Å². The number of carbonyl (C=O) groups is 2. The maximum absolute atomic E-state index is 11.8. The van der Waals surface area contributed by atoms with Gasteiger partial charge in [-0.15, -0.1) is 0 Å². The molecule has 7 heteroatoms. The number of benzene rings is 1. The summed E-state index contributed by atoms with van der Waals surface area (Å²) in [6.07, 6.45) is 0.327. The third kappa shape index (κ3) is 5.61. The quantitative estimate of drug-likeness (QED) is 0.739. The summed E-state index contributed by atoms with van der Waals surface area (Å²) in [6.45, 7) is 5.77. The van der Waals surface area contributed by atoms with Crippen molar-refractivity contribution in [2.75, 3.05) is 11.9 Å². The first-order chi connectivity index (χ1) is 10.8. The van der Waals surface area contributed by atoms with E-state index in [2.05, 4.69) is 20.6 Å². The standard InChI is InChI=1S/C16H22N4O3/c1-16(2,3)23-15(22)17-10-6-9-13(21)20-14-18-11-7-4-5-8-12(11)19-14/h4-5,7-8H,6,9-10H2,1-3H3,(H,17,22)(H2,18,19,20,21). The van der Waals surface area contributed by atoms with Crippen LogP contribution in [0.2, 0.25) is 0 Å². The second-order valence-corrected chi connectivity index (χ2v) is 6.18. The molecule has 0 aliphatic rings. The van der Waals surface area contributed by atoms with Crippen molar-refractivity contribution in [1.82, 2.24) is 15.3 Å². The Morgan fingerprint density at radius 2 is 2.00 bits per heavy atom. The molecule has 0 bridgehead atoms. The van der Waals surface area contributed by atoms with Gasteiger partial charge in [0.1, 0.15) is 5.60 Å². The summed E-state index contributed by atoms with van der Waals surface area (Å²) in [5.74, 6) is 0.270. The fourth-order valence-electron chi connectivity index (χ4n) is 1.96. The van der Waals surface area contributed by atoms with E-state index in [0.29, 0.717) is 18.9 Å². The van der Waals surface area contributed by atoms with E-state index in [4.69, 9.17) is 4.74 Å². The minimum absolute atomic E-state index is 0.157. The molecule has 3 N–H and O–H groups in total. The number of aromatic nitrogens is 2. The molecule has 0 fully saturated rings. The second-order valence-electron chi connectivity index (χ2n) is 6.18. The number of fused-ring (bicyclic) bond motifs is 1. The Labute approximate surface area is 134 Å². The molecule has 0 aliphatic carbocycles. The molecule has 2 aromatic rings. The van der Waals surface area contributed by atoms with Gasteiger partial charge in [0.15, 0.2) is 0 Å². The Balaban J connectivity index is 1.70. The predicted octanol–water partition coefficient (Wildman–Crippen LogP) is 2.81. The summed E-state index contributed by atoms with van der Waals surface area (Å²) in [6, 6.07) is 7.54. The van der Waals surface area contributed by atoms with Crippen LogP contribution in [-0.4, -0.2) is 34.1 Å². The predicted molar refractivity (Wildman–Crippen MR) is 88.2 cm³/mol. The van der Waals surface area contributed by atoms with E-state index in [1.165, 1.54) is 0 Å². The monoisotopic (exact) mass is 318 g/mol. The molecular formula is C16H22N4O3. The van der Waals surface area contributed by atoms with Gasteiger partial charge < -0.3 is 15.0 Å². The molecule has 0 saturated heterocycles. The molecule has 1 heterocycles. The molecule has 23 heavy (non-hydrogen) atoms. The molecule has 0 unspecified atom stereocenters. The maximum atomic E-state index is 11.8. The summed E-state index contributed by atoms with van der Waals surface area (Å²) in [7, 11) is 0. The molecule has 124 valence electrons. The number of carbonyl (C=O) groups excluding carboxylic acids is 2. The lowest BCUT2D eigenvalue weighted by atomic mass is 10.2. The van der Waals surface area contributed by atoms with Gasteiger partial charge in [0, 0.05) is 13.0 Å². The normalized spacial score (nSPS) is 11.3. The third-order valence-corrected chi connectivity index (χ3v) is 2.90. The lowest BCUT2D eigenvalue weighted by molar-refractivity contribution is -0.116. The van der Waals surface area contributed by atoms with E-state index in [1.54, 1.807) is 20.8 Å². The van der Waals surface area contributed by atoms with Crippen LogP contribution >= 0.6 is 0 Å². The van der Waals surface area contributed by atoms with E-state index in [1.807, 2.05) is 24.3 Å². The van der Waals surface area contributed by atoms with Crippen molar-refractivity contribution in [2.45, 2.75) is 39.2 Å². The molecular weight excluding hydrogens is 296 g/mol. The van der Waals surface area contributed by atoms with Crippen LogP contribution < -0.4 is 10.6 Å². The summed E-state index contributed by atoms with van der Waals surface area (Å²) in [5.41, 5.74) is 1.15. The van der Waals surface area contributed by atoms with E-state index in [9.17, 15) is 9.59 Å². The van der Waals surface area contributed by atoms with Gasteiger partial charge in [-0.25, -0.2) is 9.78 Å². The zero-order valence-electron chi connectivity index (χ0n) is 13.6. The number of hydrogen-bond acceptors (Lipinski definition) is 4. The Kier molecular flexibility index (Phi) is 5.20. The average Bonchev–Trinajstić information content (AvgIpc) is 2.83. The van der Waals surface area contributed by atoms with E-state index < -0.39 is 11.7 Å². The lowest BCUT2D eigenvalue weighted by Gasteiger charge is -2.19. The highest BCUT2D eigenvalue weighted by Gasteiger charge is 2.15. The van der Waals surface area contributed by atoms with Gasteiger partial charge in [-0.2, -0.15) is 0 Å². The number of amides is 2. The minimum atomic E-state index is -0.525. The zero-order valence-corrected chi connectivity index (χ0v) is 13.6. The molecule has 0 atom stereocenters. The van der Waals surface area contributed by atoms with Crippen LogP contribution in [0.5, 0.6) is 0 Å². The van der Waals surface area contributed by atoms with Crippen LogP contribution in [0.3, 0.4) is 0 Å². The summed E-state index contributed by atoms with van der Waals surface area (Å²) >= 11 is 0. The number of nitrogens with one attached hydrogen (secondary N) is 3. The van der Waals surface area contributed by atoms with E-state index in [0.717, 1.165) is 11.0 Å². The van der Waals surface area contributed by atoms with Crippen LogP contribution in [0.15, 0.2) is 24.3 Å². The zero-order chi connectivity index (χ0) is 16.9. The largest absolute Gasteiger partial charge is 0.444 e. The number of hydrogen-bond donors (Lipinski definition) is 3. The molecule has 0 saturated carbocycles. The second kappa shape index (κ2) is 7.13. The van der Waals surface area contributed by atoms with E-state index >= 15 is 0 Å². The van der Waals surface area contributed by atoms with Crippen LogP contribution in [0.4, 0.5) is 10.7 Å².